The molecule has 0 aliphatic carbocycles. The lowest BCUT2D eigenvalue weighted by molar-refractivity contribution is 0.222. The number of halogens is 1. The van der Waals surface area contributed by atoms with Crippen molar-refractivity contribution in [3.8, 4) is 0 Å². The zero-order valence-corrected chi connectivity index (χ0v) is 9.75. The number of aliphatic hydroxyl groups excluding tert-OH is 1. The summed E-state index contributed by atoms with van der Waals surface area (Å²) in [6, 6.07) is 4.71. The van der Waals surface area contributed by atoms with Crippen LogP contribution in [0.3, 0.4) is 0 Å². The van der Waals surface area contributed by atoms with Gasteiger partial charge in [-0.15, -0.1) is 5.10 Å². The summed E-state index contributed by atoms with van der Waals surface area (Å²) >= 11 is 1.13. The molecule has 1 aromatic heterocycles. The highest BCUT2D eigenvalue weighted by atomic mass is 32.1. The third-order valence-corrected chi connectivity index (χ3v) is 3.33. The summed E-state index contributed by atoms with van der Waals surface area (Å²) in [4.78, 5) is 0.656. The fourth-order valence-corrected chi connectivity index (χ4v) is 2.08. The molecular formula is C11H11FN2OS. The molecule has 0 spiro atoms. The Morgan fingerprint density at radius 1 is 1.38 bits per heavy atom. The summed E-state index contributed by atoms with van der Waals surface area (Å²) in [7, 11) is 0. The maximum atomic E-state index is 13.3. The van der Waals surface area contributed by atoms with Gasteiger partial charge in [0.25, 0.3) is 0 Å². The Labute approximate surface area is 96.7 Å². The molecule has 0 aliphatic rings. The summed E-state index contributed by atoms with van der Waals surface area (Å²) in [5, 5.41) is 13.9. The number of hydrogen-bond donors (Lipinski definition) is 1. The second-order valence-corrected chi connectivity index (χ2v) is 4.42. The van der Waals surface area contributed by atoms with E-state index in [1.807, 2.05) is 0 Å². The van der Waals surface area contributed by atoms with Crippen LogP contribution < -0.4 is 0 Å². The Balaban J connectivity index is 2.38. The second-order valence-electron chi connectivity index (χ2n) is 3.63. The van der Waals surface area contributed by atoms with E-state index in [9.17, 15) is 9.50 Å². The number of aliphatic hydroxyl groups is 1. The highest BCUT2D eigenvalue weighted by Gasteiger charge is 2.17. The van der Waals surface area contributed by atoms with Gasteiger partial charge in [0.1, 0.15) is 11.9 Å². The summed E-state index contributed by atoms with van der Waals surface area (Å²) in [5.74, 6) is -0.313. The maximum absolute atomic E-state index is 13.3. The lowest BCUT2D eigenvalue weighted by Crippen LogP contribution is -2.00. The third-order valence-electron chi connectivity index (χ3n) is 2.45. The van der Waals surface area contributed by atoms with Crippen molar-refractivity contribution in [1.82, 2.24) is 9.59 Å². The van der Waals surface area contributed by atoms with Crippen LogP contribution >= 0.6 is 11.5 Å². The van der Waals surface area contributed by atoms with Gasteiger partial charge in [0, 0.05) is 0 Å². The van der Waals surface area contributed by atoms with E-state index in [1.165, 1.54) is 6.07 Å². The number of benzene rings is 1. The molecule has 1 atom stereocenters. The van der Waals surface area contributed by atoms with Crippen LogP contribution in [0.4, 0.5) is 4.39 Å². The number of hydrogen-bond acceptors (Lipinski definition) is 4. The van der Waals surface area contributed by atoms with Crippen LogP contribution in [0.2, 0.25) is 0 Å². The van der Waals surface area contributed by atoms with Crippen LogP contribution in [0.5, 0.6) is 0 Å². The first kappa shape index (κ1) is 11.2. The molecule has 0 saturated carbocycles. The molecule has 1 heterocycles. The predicted molar refractivity (Wildman–Crippen MR) is 59.8 cm³/mol. The van der Waals surface area contributed by atoms with E-state index in [4.69, 9.17) is 0 Å². The van der Waals surface area contributed by atoms with Gasteiger partial charge in [-0.1, -0.05) is 16.6 Å². The SMILES string of the molecule is Cc1ccc(C(O)c2snnc2C)cc1F. The highest BCUT2D eigenvalue weighted by molar-refractivity contribution is 7.05. The summed E-state index contributed by atoms with van der Waals surface area (Å²) in [6.45, 7) is 3.46. The van der Waals surface area contributed by atoms with Gasteiger partial charge in [-0.05, 0) is 42.6 Å². The molecule has 84 valence electrons. The van der Waals surface area contributed by atoms with Crippen LogP contribution in [0.1, 0.15) is 27.8 Å². The minimum absolute atomic E-state index is 0.313. The molecule has 1 aromatic carbocycles. The molecule has 5 heteroatoms. The summed E-state index contributed by atoms with van der Waals surface area (Å²) in [5.41, 5.74) is 1.77. The molecule has 0 aliphatic heterocycles. The smallest absolute Gasteiger partial charge is 0.126 e. The molecular weight excluding hydrogens is 227 g/mol. The van der Waals surface area contributed by atoms with Gasteiger partial charge in [-0.25, -0.2) is 4.39 Å². The molecule has 0 radical (unpaired) electrons. The van der Waals surface area contributed by atoms with Gasteiger partial charge in [-0.3, -0.25) is 0 Å². The minimum atomic E-state index is -0.852. The third kappa shape index (κ3) is 1.96. The number of rotatable bonds is 2. The van der Waals surface area contributed by atoms with Gasteiger partial charge in [0.2, 0.25) is 0 Å². The second kappa shape index (κ2) is 4.27. The van der Waals surface area contributed by atoms with Crippen molar-refractivity contribution in [3.63, 3.8) is 0 Å². The van der Waals surface area contributed by atoms with E-state index in [2.05, 4.69) is 9.59 Å². The molecule has 3 nitrogen and oxygen atoms in total. The molecule has 2 rings (SSSR count). The van der Waals surface area contributed by atoms with E-state index in [1.54, 1.807) is 26.0 Å². The molecule has 0 bridgehead atoms. The van der Waals surface area contributed by atoms with Gasteiger partial charge in [0.15, 0.2) is 0 Å². The fourth-order valence-electron chi connectivity index (χ4n) is 1.42. The Hall–Kier alpha value is -1.33. The maximum Gasteiger partial charge on any atom is 0.126 e. The molecule has 0 saturated heterocycles. The Morgan fingerprint density at radius 3 is 2.69 bits per heavy atom. The van der Waals surface area contributed by atoms with Crippen molar-refractivity contribution in [2.24, 2.45) is 0 Å². The number of aryl methyl sites for hydroxylation is 2. The van der Waals surface area contributed by atoms with Crippen molar-refractivity contribution in [1.29, 1.82) is 0 Å². The van der Waals surface area contributed by atoms with E-state index >= 15 is 0 Å². The van der Waals surface area contributed by atoms with Crippen molar-refractivity contribution in [3.05, 3.63) is 45.7 Å². The summed E-state index contributed by atoms with van der Waals surface area (Å²) < 4.78 is 17.1. The first-order chi connectivity index (χ1) is 7.59. The van der Waals surface area contributed by atoms with Crippen LogP contribution in [0.15, 0.2) is 18.2 Å². The van der Waals surface area contributed by atoms with Crippen LogP contribution in [0.25, 0.3) is 0 Å². The van der Waals surface area contributed by atoms with Crippen molar-refractivity contribution >= 4 is 11.5 Å². The molecule has 0 amide bonds. The van der Waals surface area contributed by atoms with Gasteiger partial charge in [0.05, 0.1) is 10.6 Å². The van der Waals surface area contributed by atoms with Gasteiger partial charge in [-0.2, -0.15) is 0 Å². The number of aromatic nitrogens is 2. The zero-order valence-electron chi connectivity index (χ0n) is 8.94. The minimum Gasteiger partial charge on any atom is -0.383 e. The standard InChI is InChI=1S/C11H11FN2OS/c1-6-3-4-8(5-9(6)12)10(15)11-7(2)13-14-16-11/h3-5,10,15H,1-2H3. The average Bonchev–Trinajstić information content (AvgIpc) is 2.67. The van der Waals surface area contributed by atoms with Crippen molar-refractivity contribution in [2.45, 2.75) is 20.0 Å². The predicted octanol–water partition coefficient (Wildman–Crippen LogP) is 2.38. The quantitative estimate of drug-likeness (QED) is 0.873. The summed E-state index contributed by atoms with van der Waals surface area (Å²) in [6.07, 6.45) is -0.852. The van der Waals surface area contributed by atoms with Crippen molar-refractivity contribution in [2.75, 3.05) is 0 Å². The van der Waals surface area contributed by atoms with E-state index in [0.29, 0.717) is 21.7 Å². The molecule has 16 heavy (non-hydrogen) atoms. The Morgan fingerprint density at radius 2 is 2.12 bits per heavy atom. The topological polar surface area (TPSA) is 46.0 Å². The molecule has 2 aromatic rings. The van der Waals surface area contributed by atoms with Crippen LogP contribution in [-0.4, -0.2) is 14.7 Å². The van der Waals surface area contributed by atoms with E-state index in [-0.39, 0.29) is 5.82 Å². The number of nitrogens with zero attached hydrogens (tertiary/aromatic N) is 2. The lowest BCUT2D eigenvalue weighted by atomic mass is 10.1. The Bertz CT molecular complexity index is 512. The van der Waals surface area contributed by atoms with E-state index in [0.717, 1.165) is 11.5 Å². The van der Waals surface area contributed by atoms with Crippen molar-refractivity contribution < 1.29 is 9.50 Å². The van der Waals surface area contributed by atoms with Crippen LogP contribution in [-0.2, 0) is 0 Å². The fraction of sp³-hybridized carbons (Fsp3) is 0.273. The van der Waals surface area contributed by atoms with Gasteiger partial charge < -0.3 is 5.11 Å². The van der Waals surface area contributed by atoms with Crippen LogP contribution in [0, 0.1) is 19.7 Å². The normalized spacial score (nSPS) is 12.8. The van der Waals surface area contributed by atoms with E-state index < -0.39 is 6.10 Å². The highest BCUT2D eigenvalue weighted by Crippen LogP contribution is 2.27. The first-order valence-electron chi connectivity index (χ1n) is 4.82. The average molecular weight is 238 g/mol. The Kier molecular flexibility index (Phi) is 2.98. The first-order valence-corrected chi connectivity index (χ1v) is 5.60. The molecule has 1 N–H and O–H groups in total. The lowest BCUT2D eigenvalue weighted by Gasteiger charge is -2.09. The largest absolute Gasteiger partial charge is 0.383 e. The van der Waals surface area contributed by atoms with Gasteiger partial charge >= 0.3 is 0 Å². The molecule has 0 fully saturated rings. The molecule has 1 unspecified atom stereocenters. The monoisotopic (exact) mass is 238 g/mol. The zero-order chi connectivity index (χ0) is 11.7.